The molecule has 2 heterocycles. The van der Waals surface area contributed by atoms with Crippen LogP contribution in [0, 0.1) is 6.92 Å². The van der Waals surface area contributed by atoms with Gasteiger partial charge in [-0.2, -0.15) is 0 Å². The largest absolute Gasteiger partial charge is 0.465 e. The van der Waals surface area contributed by atoms with Gasteiger partial charge in [-0.3, -0.25) is 0 Å². The zero-order valence-electron chi connectivity index (χ0n) is 9.91. The third-order valence-corrected chi connectivity index (χ3v) is 2.23. The van der Waals surface area contributed by atoms with Gasteiger partial charge in [0.1, 0.15) is 22.9 Å². The molecule has 0 atom stereocenters. The summed E-state index contributed by atoms with van der Waals surface area (Å²) in [7, 11) is 1.27. The number of esters is 1. The third kappa shape index (κ3) is 2.24. The molecule has 2 aromatic rings. The second-order valence-corrected chi connectivity index (χ2v) is 3.47. The van der Waals surface area contributed by atoms with Gasteiger partial charge in [0, 0.05) is 12.4 Å². The lowest BCUT2D eigenvalue weighted by molar-refractivity contribution is 0.0601. The van der Waals surface area contributed by atoms with Gasteiger partial charge >= 0.3 is 5.97 Å². The minimum Gasteiger partial charge on any atom is -0.465 e. The van der Waals surface area contributed by atoms with Crippen LogP contribution < -0.4 is 5.73 Å². The first-order chi connectivity index (χ1) is 8.61. The van der Waals surface area contributed by atoms with Crippen LogP contribution in [0.25, 0.3) is 11.5 Å². The fraction of sp³-hybridized carbons (Fsp3) is 0.182. The molecule has 0 spiro atoms. The summed E-state index contributed by atoms with van der Waals surface area (Å²) in [6.07, 6.45) is 2.92. The Balaban J connectivity index is 2.43. The smallest absolute Gasteiger partial charge is 0.343 e. The standard InChI is InChI=1S/C11H11N5O2/c1-6-13-4-3-8(15-6)10-14-5-7(9(12)16-10)11(17)18-2/h3-5H,1-2H3,(H2,12,14,16). The summed E-state index contributed by atoms with van der Waals surface area (Å²) in [6, 6.07) is 1.67. The number of aryl methyl sites for hydroxylation is 1. The third-order valence-electron chi connectivity index (χ3n) is 2.23. The minimum atomic E-state index is -0.571. The Kier molecular flexibility index (Phi) is 3.13. The summed E-state index contributed by atoms with van der Waals surface area (Å²) < 4.78 is 4.56. The Labute approximate surface area is 103 Å². The van der Waals surface area contributed by atoms with Crippen molar-refractivity contribution >= 4 is 11.8 Å². The lowest BCUT2D eigenvalue weighted by Gasteiger charge is -2.04. The number of ether oxygens (including phenoxy) is 1. The monoisotopic (exact) mass is 245 g/mol. The van der Waals surface area contributed by atoms with E-state index in [1.807, 2.05) is 0 Å². The SMILES string of the molecule is COC(=O)c1cnc(-c2ccnc(C)n2)nc1N. The van der Waals surface area contributed by atoms with Gasteiger partial charge in [-0.15, -0.1) is 0 Å². The highest BCUT2D eigenvalue weighted by Crippen LogP contribution is 2.15. The van der Waals surface area contributed by atoms with Crippen molar-refractivity contribution in [1.29, 1.82) is 0 Å². The van der Waals surface area contributed by atoms with Crippen molar-refractivity contribution in [2.24, 2.45) is 0 Å². The maximum Gasteiger partial charge on any atom is 0.343 e. The summed E-state index contributed by atoms with van der Waals surface area (Å²) in [5.41, 5.74) is 6.36. The number of methoxy groups -OCH3 is 1. The second kappa shape index (κ2) is 4.74. The van der Waals surface area contributed by atoms with E-state index in [0.717, 1.165) is 0 Å². The molecule has 0 aromatic carbocycles. The number of hydrogen-bond donors (Lipinski definition) is 1. The Hall–Kier alpha value is -2.57. The maximum absolute atomic E-state index is 11.3. The highest BCUT2D eigenvalue weighted by Gasteiger charge is 2.14. The Bertz CT molecular complexity index is 600. The molecule has 2 N–H and O–H groups in total. The highest BCUT2D eigenvalue weighted by atomic mass is 16.5. The number of nitrogens with two attached hydrogens (primary N) is 1. The van der Waals surface area contributed by atoms with Gasteiger partial charge in [0.05, 0.1) is 7.11 Å². The normalized spacial score (nSPS) is 10.1. The van der Waals surface area contributed by atoms with E-state index in [1.165, 1.54) is 13.3 Å². The molecule has 2 aromatic heterocycles. The number of anilines is 1. The first-order valence-corrected chi connectivity index (χ1v) is 5.12. The molecule has 0 bridgehead atoms. The van der Waals surface area contributed by atoms with Crippen LogP contribution in [0.15, 0.2) is 18.5 Å². The number of aromatic nitrogens is 4. The molecule has 18 heavy (non-hydrogen) atoms. The van der Waals surface area contributed by atoms with E-state index in [9.17, 15) is 4.79 Å². The Morgan fingerprint density at radius 2 is 2.11 bits per heavy atom. The summed E-state index contributed by atoms with van der Waals surface area (Å²) >= 11 is 0. The van der Waals surface area contributed by atoms with Gasteiger partial charge in [0.2, 0.25) is 0 Å². The predicted molar refractivity (Wildman–Crippen MR) is 63.5 cm³/mol. The maximum atomic E-state index is 11.3. The van der Waals surface area contributed by atoms with E-state index in [0.29, 0.717) is 17.3 Å². The lowest BCUT2D eigenvalue weighted by Crippen LogP contribution is -2.09. The van der Waals surface area contributed by atoms with Crippen LogP contribution in [-0.2, 0) is 4.74 Å². The fourth-order valence-electron chi connectivity index (χ4n) is 1.37. The number of carbonyl (C=O) groups is 1. The first kappa shape index (κ1) is 11.9. The summed E-state index contributed by atoms with van der Waals surface area (Å²) in [4.78, 5) is 27.5. The van der Waals surface area contributed by atoms with Crippen molar-refractivity contribution in [3.05, 3.63) is 29.8 Å². The number of nitrogen functional groups attached to an aromatic ring is 1. The molecule has 0 fully saturated rings. The van der Waals surface area contributed by atoms with Gasteiger partial charge in [-0.1, -0.05) is 0 Å². The van der Waals surface area contributed by atoms with Crippen molar-refractivity contribution in [3.63, 3.8) is 0 Å². The molecule has 0 unspecified atom stereocenters. The molecule has 0 saturated heterocycles. The van der Waals surface area contributed by atoms with Crippen molar-refractivity contribution in [3.8, 4) is 11.5 Å². The molecule has 2 rings (SSSR count). The fourth-order valence-corrected chi connectivity index (χ4v) is 1.37. The van der Waals surface area contributed by atoms with Gasteiger partial charge in [-0.25, -0.2) is 24.7 Å². The van der Waals surface area contributed by atoms with Crippen molar-refractivity contribution < 1.29 is 9.53 Å². The molecular formula is C11H11N5O2. The molecule has 0 aliphatic carbocycles. The average Bonchev–Trinajstić information content (AvgIpc) is 2.37. The van der Waals surface area contributed by atoms with E-state index in [1.54, 1.807) is 19.2 Å². The topological polar surface area (TPSA) is 104 Å². The Morgan fingerprint density at radius 3 is 2.72 bits per heavy atom. The van der Waals surface area contributed by atoms with Crippen molar-refractivity contribution in [2.45, 2.75) is 6.92 Å². The van der Waals surface area contributed by atoms with Crippen LogP contribution in [0.4, 0.5) is 5.82 Å². The van der Waals surface area contributed by atoms with E-state index in [4.69, 9.17) is 5.73 Å². The quantitative estimate of drug-likeness (QED) is 0.773. The van der Waals surface area contributed by atoms with Crippen molar-refractivity contribution in [1.82, 2.24) is 19.9 Å². The van der Waals surface area contributed by atoms with Crippen LogP contribution in [0.5, 0.6) is 0 Å². The van der Waals surface area contributed by atoms with Crippen LogP contribution in [0.1, 0.15) is 16.2 Å². The van der Waals surface area contributed by atoms with E-state index >= 15 is 0 Å². The van der Waals surface area contributed by atoms with Crippen molar-refractivity contribution in [2.75, 3.05) is 12.8 Å². The number of rotatable bonds is 2. The van der Waals surface area contributed by atoms with Crippen LogP contribution in [0.2, 0.25) is 0 Å². The predicted octanol–water partition coefficient (Wildman–Crippen LogP) is 0.611. The summed E-state index contributed by atoms with van der Waals surface area (Å²) in [5.74, 6) is 0.429. The zero-order valence-corrected chi connectivity index (χ0v) is 9.91. The molecule has 7 nitrogen and oxygen atoms in total. The number of nitrogens with zero attached hydrogens (tertiary/aromatic N) is 4. The molecule has 0 radical (unpaired) electrons. The van der Waals surface area contributed by atoms with E-state index < -0.39 is 5.97 Å². The summed E-state index contributed by atoms with van der Waals surface area (Å²) in [6.45, 7) is 1.76. The van der Waals surface area contributed by atoms with Crippen LogP contribution in [0.3, 0.4) is 0 Å². The molecule has 0 amide bonds. The molecule has 92 valence electrons. The lowest BCUT2D eigenvalue weighted by atomic mass is 10.3. The molecule has 0 saturated carbocycles. The number of carbonyl (C=O) groups excluding carboxylic acids is 1. The van der Waals surface area contributed by atoms with Gasteiger partial charge in [-0.05, 0) is 13.0 Å². The van der Waals surface area contributed by atoms with E-state index in [2.05, 4.69) is 24.7 Å². The molecule has 0 aliphatic rings. The second-order valence-electron chi connectivity index (χ2n) is 3.47. The Morgan fingerprint density at radius 1 is 1.33 bits per heavy atom. The summed E-state index contributed by atoms with van der Waals surface area (Å²) in [5, 5.41) is 0. The zero-order chi connectivity index (χ0) is 13.1. The van der Waals surface area contributed by atoms with Gasteiger partial charge in [0.25, 0.3) is 0 Å². The minimum absolute atomic E-state index is 0.0584. The molecule has 0 aliphatic heterocycles. The molecule has 7 heteroatoms. The van der Waals surface area contributed by atoms with Gasteiger partial charge in [0.15, 0.2) is 5.82 Å². The molecular weight excluding hydrogens is 234 g/mol. The van der Waals surface area contributed by atoms with Gasteiger partial charge < -0.3 is 10.5 Å². The highest BCUT2D eigenvalue weighted by molar-refractivity contribution is 5.93. The average molecular weight is 245 g/mol. The van der Waals surface area contributed by atoms with Crippen LogP contribution in [-0.4, -0.2) is 33.0 Å². The number of hydrogen-bond acceptors (Lipinski definition) is 7. The van der Waals surface area contributed by atoms with E-state index in [-0.39, 0.29) is 11.4 Å². The first-order valence-electron chi connectivity index (χ1n) is 5.12. The van der Waals surface area contributed by atoms with Crippen LogP contribution >= 0.6 is 0 Å².